The van der Waals surface area contributed by atoms with Crippen molar-refractivity contribution in [3.63, 3.8) is 0 Å². The lowest BCUT2D eigenvalue weighted by molar-refractivity contribution is -0.140. The van der Waals surface area contributed by atoms with E-state index in [2.05, 4.69) is 0 Å². The number of carboxylic acids is 2. The Morgan fingerprint density at radius 2 is 1.53 bits per heavy atom. The molecule has 5 nitrogen and oxygen atoms in total. The molecule has 0 aromatic rings. The second kappa shape index (κ2) is 8.91. The van der Waals surface area contributed by atoms with Crippen molar-refractivity contribution in [2.45, 2.75) is 76.4 Å². The fourth-order valence-electron chi connectivity index (χ4n) is 2.52. The zero-order valence-corrected chi connectivity index (χ0v) is 11.3. The molecule has 1 heterocycles. The zero-order chi connectivity index (χ0) is 14.1. The van der Waals surface area contributed by atoms with E-state index < -0.39 is 11.9 Å². The number of hydrogen-bond acceptors (Lipinski definition) is 3. The van der Waals surface area contributed by atoms with Gasteiger partial charge in [0.05, 0.1) is 18.6 Å². The SMILES string of the molecule is O=C(O)CCCCCCC[C@@H]1CC[C@@H](CC(=O)O)O1. The van der Waals surface area contributed by atoms with E-state index in [1.165, 1.54) is 0 Å². The van der Waals surface area contributed by atoms with Crippen LogP contribution in [0, 0.1) is 0 Å². The normalized spacial score (nSPS) is 22.5. The maximum absolute atomic E-state index is 10.5. The highest BCUT2D eigenvalue weighted by Gasteiger charge is 2.26. The van der Waals surface area contributed by atoms with Gasteiger partial charge in [0.2, 0.25) is 0 Å². The lowest BCUT2D eigenvalue weighted by Crippen LogP contribution is -2.14. The molecule has 0 amide bonds. The monoisotopic (exact) mass is 272 g/mol. The summed E-state index contributed by atoms with van der Waals surface area (Å²) in [5, 5.41) is 17.2. The van der Waals surface area contributed by atoms with Crippen LogP contribution in [0.3, 0.4) is 0 Å². The van der Waals surface area contributed by atoms with Crippen LogP contribution in [0.15, 0.2) is 0 Å². The summed E-state index contributed by atoms with van der Waals surface area (Å²) in [7, 11) is 0. The van der Waals surface area contributed by atoms with Gasteiger partial charge in [-0.25, -0.2) is 0 Å². The molecule has 0 saturated carbocycles. The van der Waals surface area contributed by atoms with Gasteiger partial charge in [-0.2, -0.15) is 0 Å². The van der Waals surface area contributed by atoms with Crippen LogP contribution < -0.4 is 0 Å². The van der Waals surface area contributed by atoms with E-state index in [0.29, 0.717) is 0 Å². The highest BCUT2D eigenvalue weighted by molar-refractivity contribution is 5.67. The van der Waals surface area contributed by atoms with E-state index >= 15 is 0 Å². The second-order valence-electron chi connectivity index (χ2n) is 5.26. The summed E-state index contributed by atoms with van der Waals surface area (Å²) < 4.78 is 5.67. The third kappa shape index (κ3) is 7.82. The molecular weight excluding hydrogens is 248 g/mol. The van der Waals surface area contributed by atoms with Gasteiger partial charge in [-0.3, -0.25) is 9.59 Å². The first-order valence-electron chi connectivity index (χ1n) is 7.17. The predicted octanol–water partition coefficient (Wildman–Crippen LogP) is 2.82. The summed E-state index contributed by atoms with van der Waals surface area (Å²) in [5.74, 6) is -1.51. The minimum absolute atomic E-state index is 0.0990. The summed E-state index contributed by atoms with van der Waals surface area (Å²) in [5.41, 5.74) is 0. The van der Waals surface area contributed by atoms with Crippen molar-refractivity contribution in [3.05, 3.63) is 0 Å². The maximum Gasteiger partial charge on any atom is 0.305 e. The minimum Gasteiger partial charge on any atom is -0.481 e. The fraction of sp³-hybridized carbons (Fsp3) is 0.857. The molecule has 0 aromatic carbocycles. The Morgan fingerprint density at radius 3 is 2.21 bits per heavy atom. The van der Waals surface area contributed by atoms with E-state index in [1.54, 1.807) is 0 Å². The van der Waals surface area contributed by atoms with Crippen LogP contribution in [0.1, 0.15) is 64.2 Å². The summed E-state index contributed by atoms with van der Waals surface area (Å²) in [6, 6.07) is 0. The van der Waals surface area contributed by atoms with Crippen LogP contribution >= 0.6 is 0 Å². The molecule has 19 heavy (non-hydrogen) atoms. The average molecular weight is 272 g/mol. The summed E-state index contributed by atoms with van der Waals surface area (Å²) >= 11 is 0. The Morgan fingerprint density at radius 1 is 0.895 bits per heavy atom. The molecule has 0 radical (unpaired) electrons. The number of carbonyl (C=O) groups is 2. The van der Waals surface area contributed by atoms with E-state index in [0.717, 1.165) is 51.4 Å². The van der Waals surface area contributed by atoms with Crippen molar-refractivity contribution >= 4 is 11.9 Å². The van der Waals surface area contributed by atoms with Crippen LogP contribution in [-0.2, 0) is 14.3 Å². The number of unbranched alkanes of at least 4 members (excludes halogenated alkanes) is 4. The van der Waals surface area contributed by atoms with Gasteiger partial charge >= 0.3 is 11.9 Å². The third-order valence-electron chi connectivity index (χ3n) is 3.51. The molecule has 1 aliphatic heterocycles. The molecule has 2 N–H and O–H groups in total. The quantitative estimate of drug-likeness (QED) is 0.597. The number of hydrogen-bond donors (Lipinski definition) is 2. The van der Waals surface area contributed by atoms with Crippen molar-refractivity contribution < 1.29 is 24.5 Å². The lowest BCUT2D eigenvalue weighted by atomic mass is 10.0. The number of carboxylic acid groups (broad SMARTS) is 2. The molecule has 0 bridgehead atoms. The Kier molecular flexibility index (Phi) is 7.48. The first-order valence-corrected chi connectivity index (χ1v) is 7.17. The fourth-order valence-corrected chi connectivity index (χ4v) is 2.52. The Balaban J connectivity index is 1.93. The van der Waals surface area contributed by atoms with Crippen LogP contribution in [0.2, 0.25) is 0 Å². The number of rotatable bonds is 10. The molecule has 0 aromatic heterocycles. The van der Waals surface area contributed by atoms with Gasteiger partial charge in [0, 0.05) is 6.42 Å². The highest BCUT2D eigenvalue weighted by atomic mass is 16.5. The molecule has 1 rings (SSSR count). The Hall–Kier alpha value is -1.10. The molecule has 0 aliphatic carbocycles. The largest absolute Gasteiger partial charge is 0.481 e. The van der Waals surface area contributed by atoms with E-state index in [1.807, 2.05) is 0 Å². The Labute approximate surface area is 114 Å². The summed E-state index contributed by atoms with van der Waals surface area (Å²) in [6.45, 7) is 0. The molecule has 110 valence electrons. The molecule has 1 saturated heterocycles. The van der Waals surface area contributed by atoms with Gasteiger partial charge in [0.1, 0.15) is 0 Å². The van der Waals surface area contributed by atoms with Crippen LogP contribution in [0.25, 0.3) is 0 Å². The minimum atomic E-state index is -0.788. The van der Waals surface area contributed by atoms with Crippen molar-refractivity contribution in [3.8, 4) is 0 Å². The van der Waals surface area contributed by atoms with Gasteiger partial charge in [0.25, 0.3) is 0 Å². The molecule has 0 unspecified atom stereocenters. The number of aliphatic carboxylic acids is 2. The molecule has 1 aliphatic rings. The topological polar surface area (TPSA) is 83.8 Å². The maximum atomic E-state index is 10.5. The standard InChI is InChI=1S/C14H24O5/c15-13(16)7-5-3-1-2-4-6-11-8-9-12(19-11)10-14(17)18/h11-12H,1-10H2,(H,15,16)(H,17,18)/t11-,12+/m1/s1. The molecule has 1 fully saturated rings. The highest BCUT2D eigenvalue weighted by Crippen LogP contribution is 2.25. The molecule has 2 atom stereocenters. The van der Waals surface area contributed by atoms with E-state index in [4.69, 9.17) is 14.9 Å². The first-order chi connectivity index (χ1) is 9.08. The smallest absolute Gasteiger partial charge is 0.305 e. The summed E-state index contributed by atoms with van der Waals surface area (Å²) in [4.78, 5) is 20.9. The van der Waals surface area contributed by atoms with Crippen molar-refractivity contribution in [2.24, 2.45) is 0 Å². The number of ether oxygens (including phenoxy) is 1. The van der Waals surface area contributed by atoms with Gasteiger partial charge < -0.3 is 14.9 Å². The average Bonchev–Trinajstić information content (AvgIpc) is 2.74. The van der Waals surface area contributed by atoms with Gasteiger partial charge in [-0.1, -0.05) is 25.7 Å². The summed E-state index contributed by atoms with van der Waals surface area (Å²) in [6.07, 6.45) is 8.31. The third-order valence-corrected chi connectivity index (χ3v) is 3.51. The van der Waals surface area contributed by atoms with E-state index in [9.17, 15) is 9.59 Å². The van der Waals surface area contributed by atoms with Crippen molar-refractivity contribution in [1.29, 1.82) is 0 Å². The van der Waals surface area contributed by atoms with E-state index in [-0.39, 0.29) is 25.0 Å². The van der Waals surface area contributed by atoms with Gasteiger partial charge in [-0.05, 0) is 25.7 Å². The van der Waals surface area contributed by atoms with Gasteiger partial charge in [0.15, 0.2) is 0 Å². The Bertz CT molecular complexity index is 290. The van der Waals surface area contributed by atoms with Crippen LogP contribution in [0.5, 0.6) is 0 Å². The van der Waals surface area contributed by atoms with Crippen LogP contribution in [-0.4, -0.2) is 34.4 Å². The van der Waals surface area contributed by atoms with Crippen molar-refractivity contribution in [1.82, 2.24) is 0 Å². The second-order valence-corrected chi connectivity index (χ2v) is 5.26. The molecular formula is C14H24O5. The first kappa shape index (κ1) is 16.0. The predicted molar refractivity (Wildman–Crippen MR) is 70.1 cm³/mol. The van der Waals surface area contributed by atoms with Crippen molar-refractivity contribution in [2.75, 3.05) is 0 Å². The molecule has 0 spiro atoms. The van der Waals surface area contributed by atoms with Gasteiger partial charge in [-0.15, -0.1) is 0 Å². The van der Waals surface area contributed by atoms with Crippen LogP contribution in [0.4, 0.5) is 0 Å². The zero-order valence-electron chi connectivity index (χ0n) is 11.3. The molecule has 5 heteroatoms. The lowest BCUT2D eigenvalue weighted by Gasteiger charge is -2.12.